The van der Waals surface area contributed by atoms with Crippen LogP contribution in [0.15, 0.2) is 12.4 Å². The summed E-state index contributed by atoms with van der Waals surface area (Å²) in [6.07, 6.45) is 5.82. The number of hydrogen-bond acceptors (Lipinski definition) is 4. The molecule has 1 N–H and O–H groups in total. The van der Waals surface area contributed by atoms with E-state index in [9.17, 15) is 0 Å². The summed E-state index contributed by atoms with van der Waals surface area (Å²) >= 11 is 2.32. The Morgan fingerprint density at radius 3 is 2.62 bits per heavy atom. The van der Waals surface area contributed by atoms with Gasteiger partial charge in [0.15, 0.2) is 5.82 Å². The third-order valence-corrected chi connectivity index (χ3v) is 4.32. The summed E-state index contributed by atoms with van der Waals surface area (Å²) in [6, 6.07) is 0.339. The van der Waals surface area contributed by atoms with Crippen molar-refractivity contribution in [2.75, 3.05) is 11.9 Å². The Hall–Kier alpha value is -1.18. The normalized spacial score (nSPS) is 11.1. The van der Waals surface area contributed by atoms with Crippen LogP contribution >= 0.6 is 22.6 Å². The van der Waals surface area contributed by atoms with E-state index in [0.717, 1.165) is 45.9 Å². The largest absolute Gasteiger partial charge is 0.369 e. The van der Waals surface area contributed by atoms with Crippen molar-refractivity contribution in [2.45, 2.75) is 46.6 Å². The summed E-state index contributed by atoms with van der Waals surface area (Å²) in [4.78, 5) is 9.37. The fourth-order valence-electron chi connectivity index (χ4n) is 1.95. The Bertz CT molecular complexity index is 606. The highest BCUT2D eigenvalue weighted by Crippen LogP contribution is 2.24. The average molecular weight is 399 g/mol. The van der Waals surface area contributed by atoms with Gasteiger partial charge in [0.1, 0.15) is 5.82 Å². The first kappa shape index (κ1) is 16.2. The van der Waals surface area contributed by atoms with Crippen LogP contribution in [0.3, 0.4) is 0 Å². The number of halogens is 1. The van der Waals surface area contributed by atoms with Crippen LogP contribution in [-0.2, 0) is 6.42 Å². The van der Waals surface area contributed by atoms with E-state index in [2.05, 4.69) is 65.7 Å². The van der Waals surface area contributed by atoms with Crippen LogP contribution in [0.1, 0.15) is 45.9 Å². The van der Waals surface area contributed by atoms with Gasteiger partial charge in [0, 0.05) is 18.8 Å². The van der Waals surface area contributed by atoms with E-state index in [-0.39, 0.29) is 0 Å². The van der Waals surface area contributed by atoms with Crippen molar-refractivity contribution in [1.82, 2.24) is 19.7 Å². The van der Waals surface area contributed by atoms with Crippen molar-refractivity contribution in [3.8, 4) is 11.4 Å². The minimum Gasteiger partial charge on any atom is -0.369 e. The van der Waals surface area contributed by atoms with Crippen molar-refractivity contribution in [1.29, 1.82) is 0 Å². The molecular weight excluding hydrogens is 377 g/mol. The number of hydrogen-bond donors (Lipinski definition) is 1. The van der Waals surface area contributed by atoms with Crippen molar-refractivity contribution < 1.29 is 0 Å². The molecule has 2 heterocycles. The van der Waals surface area contributed by atoms with Gasteiger partial charge in [-0.15, -0.1) is 0 Å². The monoisotopic (exact) mass is 399 g/mol. The first-order chi connectivity index (χ1) is 10.1. The zero-order valence-corrected chi connectivity index (χ0v) is 15.2. The van der Waals surface area contributed by atoms with E-state index in [0.29, 0.717) is 6.04 Å². The van der Waals surface area contributed by atoms with E-state index in [4.69, 9.17) is 4.98 Å². The molecule has 0 aromatic carbocycles. The third-order valence-electron chi connectivity index (χ3n) is 3.19. The summed E-state index contributed by atoms with van der Waals surface area (Å²) in [6.45, 7) is 9.40. The van der Waals surface area contributed by atoms with Crippen molar-refractivity contribution in [3.63, 3.8) is 0 Å². The minimum absolute atomic E-state index is 0.339. The standard InChI is InChI=1S/C15H22IN5/c1-5-7-17-15-13(16)12(6-2)19-14(20-15)11-8-18-21(9-11)10(3)4/h8-10H,5-7H2,1-4H3,(H,17,19,20). The summed E-state index contributed by atoms with van der Waals surface area (Å²) < 4.78 is 3.05. The van der Waals surface area contributed by atoms with Gasteiger partial charge in [-0.1, -0.05) is 13.8 Å². The Morgan fingerprint density at radius 1 is 1.29 bits per heavy atom. The van der Waals surface area contributed by atoms with E-state index >= 15 is 0 Å². The fourth-order valence-corrected chi connectivity index (χ4v) is 2.77. The Morgan fingerprint density at radius 2 is 2.05 bits per heavy atom. The summed E-state index contributed by atoms with van der Waals surface area (Å²) in [5.41, 5.74) is 2.05. The second kappa shape index (κ2) is 7.20. The van der Waals surface area contributed by atoms with Crippen LogP contribution in [0, 0.1) is 3.57 Å². The molecule has 0 atom stereocenters. The molecule has 21 heavy (non-hydrogen) atoms. The van der Waals surface area contributed by atoms with Crippen molar-refractivity contribution in [3.05, 3.63) is 21.7 Å². The number of nitrogens with zero attached hydrogens (tertiary/aromatic N) is 4. The lowest BCUT2D eigenvalue weighted by atomic mass is 10.2. The van der Waals surface area contributed by atoms with E-state index in [1.807, 2.05) is 17.1 Å². The van der Waals surface area contributed by atoms with Crippen LogP contribution in [0.25, 0.3) is 11.4 Å². The maximum Gasteiger partial charge on any atom is 0.165 e. The minimum atomic E-state index is 0.339. The topological polar surface area (TPSA) is 55.6 Å². The molecule has 0 aliphatic carbocycles. The average Bonchev–Trinajstić information content (AvgIpc) is 2.96. The zero-order valence-electron chi connectivity index (χ0n) is 13.0. The van der Waals surface area contributed by atoms with E-state index in [1.165, 1.54) is 0 Å². The van der Waals surface area contributed by atoms with Gasteiger partial charge in [-0.05, 0) is 49.3 Å². The van der Waals surface area contributed by atoms with Crippen LogP contribution < -0.4 is 5.32 Å². The molecule has 6 heteroatoms. The van der Waals surface area contributed by atoms with Crippen LogP contribution in [0.4, 0.5) is 5.82 Å². The van der Waals surface area contributed by atoms with Gasteiger partial charge in [-0.2, -0.15) is 5.10 Å². The first-order valence-electron chi connectivity index (χ1n) is 7.41. The SMILES string of the molecule is CCCNc1nc(-c2cnn(C(C)C)c2)nc(CC)c1I. The quantitative estimate of drug-likeness (QED) is 0.749. The molecule has 0 radical (unpaired) electrons. The maximum atomic E-state index is 4.69. The number of rotatable bonds is 6. The van der Waals surface area contributed by atoms with Crippen molar-refractivity contribution in [2.24, 2.45) is 0 Å². The fraction of sp³-hybridized carbons (Fsp3) is 0.533. The lowest BCUT2D eigenvalue weighted by Gasteiger charge is -2.11. The number of aryl methyl sites for hydroxylation is 1. The molecule has 0 saturated heterocycles. The number of anilines is 1. The molecule has 5 nitrogen and oxygen atoms in total. The van der Waals surface area contributed by atoms with Gasteiger partial charge in [0.25, 0.3) is 0 Å². The van der Waals surface area contributed by atoms with Gasteiger partial charge in [0.2, 0.25) is 0 Å². The van der Waals surface area contributed by atoms with Crippen LogP contribution in [-0.4, -0.2) is 26.3 Å². The Kier molecular flexibility index (Phi) is 5.55. The lowest BCUT2D eigenvalue weighted by molar-refractivity contribution is 0.532. The molecule has 0 unspecified atom stereocenters. The zero-order chi connectivity index (χ0) is 15.4. The van der Waals surface area contributed by atoms with E-state index in [1.54, 1.807) is 0 Å². The maximum absolute atomic E-state index is 4.69. The highest BCUT2D eigenvalue weighted by Gasteiger charge is 2.13. The molecule has 2 aromatic rings. The smallest absolute Gasteiger partial charge is 0.165 e. The predicted octanol–water partition coefficient (Wildman–Crippen LogP) is 3.91. The molecule has 114 valence electrons. The Labute approximate surface area is 139 Å². The van der Waals surface area contributed by atoms with Gasteiger partial charge >= 0.3 is 0 Å². The second-order valence-corrected chi connectivity index (χ2v) is 6.32. The van der Waals surface area contributed by atoms with Gasteiger partial charge in [-0.25, -0.2) is 9.97 Å². The Balaban J connectivity index is 2.42. The number of aromatic nitrogens is 4. The molecule has 2 aromatic heterocycles. The summed E-state index contributed by atoms with van der Waals surface area (Å²) in [7, 11) is 0. The highest BCUT2D eigenvalue weighted by atomic mass is 127. The first-order valence-corrected chi connectivity index (χ1v) is 8.49. The molecule has 0 aliphatic rings. The van der Waals surface area contributed by atoms with Gasteiger partial charge in [0.05, 0.1) is 21.0 Å². The van der Waals surface area contributed by atoms with Crippen LogP contribution in [0.2, 0.25) is 0 Å². The lowest BCUT2D eigenvalue weighted by Crippen LogP contribution is -2.08. The molecule has 0 amide bonds. The summed E-state index contributed by atoms with van der Waals surface area (Å²) in [5.74, 6) is 1.68. The summed E-state index contributed by atoms with van der Waals surface area (Å²) in [5, 5.41) is 7.77. The molecule has 0 spiro atoms. The molecular formula is C15H22IN5. The number of nitrogens with one attached hydrogen (secondary N) is 1. The molecule has 0 fully saturated rings. The van der Waals surface area contributed by atoms with Gasteiger partial charge in [-0.3, -0.25) is 4.68 Å². The van der Waals surface area contributed by atoms with Crippen molar-refractivity contribution >= 4 is 28.4 Å². The molecule has 0 aliphatic heterocycles. The predicted molar refractivity (Wildman–Crippen MR) is 94.5 cm³/mol. The third kappa shape index (κ3) is 3.72. The molecule has 0 saturated carbocycles. The molecule has 2 rings (SSSR count). The molecule has 0 bridgehead atoms. The second-order valence-electron chi connectivity index (χ2n) is 5.24. The highest BCUT2D eigenvalue weighted by molar-refractivity contribution is 14.1. The van der Waals surface area contributed by atoms with Crippen LogP contribution in [0.5, 0.6) is 0 Å². The van der Waals surface area contributed by atoms with Gasteiger partial charge < -0.3 is 5.32 Å². The van der Waals surface area contributed by atoms with E-state index < -0.39 is 0 Å².